The molecule has 2 nitrogen and oxygen atoms in total. The second-order valence-corrected chi connectivity index (χ2v) is 21.2. The summed E-state index contributed by atoms with van der Waals surface area (Å²) in [6, 6.07) is 93.7. The molecule has 0 spiro atoms. The highest BCUT2D eigenvalue weighted by atomic mass is 32.1. The van der Waals surface area contributed by atoms with Gasteiger partial charge >= 0.3 is 0 Å². The van der Waals surface area contributed by atoms with E-state index in [9.17, 15) is 0 Å². The number of para-hydroxylation sites is 2. The molecule has 3 aromatic heterocycles. The molecule has 0 fully saturated rings. The van der Waals surface area contributed by atoms with Crippen molar-refractivity contribution in [3.63, 3.8) is 0 Å². The van der Waals surface area contributed by atoms with Crippen LogP contribution in [-0.2, 0) is 0 Å². The van der Waals surface area contributed by atoms with Crippen molar-refractivity contribution in [1.29, 1.82) is 0 Å². The van der Waals surface area contributed by atoms with E-state index in [2.05, 4.69) is 265 Å². The van der Waals surface area contributed by atoms with E-state index in [1.807, 2.05) is 34.0 Å². The molecule has 3 heterocycles. The summed E-state index contributed by atoms with van der Waals surface area (Å²) >= 11 is 5.61. The first-order chi connectivity index (χ1) is 35.2. The first-order valence-corrected chi connectivity index (χ1v) is 26.4. The highest BCUT2D eigenvalue weighted by molar-refractivity contribution is 7.27. The number of fused-ring (bicyclic) bond motifs is 9. The molecule has 0 radical (unpaired) electrons. The fourth-order valence-electron chi connectivity index (χ4n) is 10.5. The molecule has 0 unspecified atom stereocenters. The van der Waals surface area contributed by atoms with Gasteiger partial charge in [0.05, 0.1) is 0 Å². The van der Waals surface area contributed by atoms with Gasteiger partial charge in [-0.1, -0.05) is 158 Å². The lowest BCUT2D eigenvalue weighted by Crippen LogP contribution is -2.13. The van der Waals surface area contributed by atoms with Crippen molar-refractivity contribution in [2.75, 3.05) is 9.80 Å². The van der Waals surface area contributed by atoms with Gasteiger partial charge in [0.2, 0.25) is 0 Å². The normalized spacial score (nSPS) is 11.7. The number of hydrogen-bond acceptors (Lipinski definition) is 5. The molecule has 0 saturated heterocycles. The summed E-state index contributed by atoms with van der Waals surface area (Å²) in [5.74, 6) is 0. The van der Waals surface area contributed by atoms with Crippen LogP contribution in [0.3, 0.4) is 0 Å². The molecule has 14 rings (SSSR count). The molecule has 0 aliphatic carbocycles. The van der Waals surface area contributed by atoms with Gasteiger partial charge in [-0.3, -0.25) is 0 Å². The second kappa shape index (κ2) is 17.3. The zero-order valence-electron chi connectivity index (χ0n) is 38.4. The zero-order valence-corrected chi connectivity index (χ0v) is 40.8. The molecule has 0 aliphatic heterocycles. The van der Waals surface area contributed by atoms with Gasteiger partial charge in [-0.15, -0.1) is 34.0 Å². The predicted octanol–water partition coefficient (Wildman–Crippen LogP) is 20.7. The van der Waals surface area contributed by atoms with Crippen molar-refractivity contribution in [2.24, 2.45) is 0 Å². The average Bonchev–Trinajstić information content (AvgIpc) is 4.14. The van der Waals surface area contributed by atoms with E-state index >= 15 is 0 Å². The number of benzene rings is 11. The number of hydrogen-bond donors (Lipinski definition) is 0. The van der Waals surface area contributed by atoms with Gasteiger partial charge in [0.25, 0.3) is 0 Å². The monoisotopic (exact) mass is 958 g/mol. The van der Waals surface area contributed by atoms with Gasteiger partial charge in [-0.05, 0) is 130 Å². The summed E-state index contributed by atoms with van der Waals surface area (Å²) < 4.78 is 7.85. The van der Waals surface area contributed by atoms with Crippen LogP contribution in [-0.4, -0.2) is 0 Å². The van der Waals surface area contributed by atoms with E-state index in [-0.39, 0.29) is 0 Å². The molecule has 334 valence electrons. The van der Waals surface area contributed by atoms with Crippen LogP contribution in [0.4, 0.5) is 34.1 Å². The third kappa shape index (κ3) is 7.28. The third-order valence-electron chi connectivity index (χ3n) is 13.8. The SMILES string of the molecule is c1ccc(N(c2ccccc2)c2cc(-c3ccc4sc5ccccc5c4c3)cc(N(c3ccc(-c4cccc5c4sc4ccccc45)cc3)c3ccc(-c4cccc5c4sc4ccccc45)cc3)c2)cc1. The molecule has 14 aromatic rings. The van der Waals surface area contributed by atoms with Crippen molar-refractivity contribution in [2.45, 2.75) is 0 Å². The Kier molecular flexibility index (Phi) is 10.1. The van der Waals surface area contributed by atoms with E-state index in [0.29, 0.717) is 0 Å². The Morgan fingerprint density at radius 3 is 1.08 bits per heavy atom. The largest absolute Gasteiger partial charge is 0.310 e. The van der Waals surface area contributed by atoms with Crippen LogP contribution in [0.1, 0.15) is 0 Å². The number of thiophene rings is 3. The molecular weight excluding hydrogens is 917 g/mol. The van der Waals surface area contributed by atoms with Crippen molar-refractivity contribution in [1.82, 2.24) is 0 Å². The van der Waals surface area contributed by atoms with Gasteiger partial charge in [0.1, 0.15) is 0 Å². The van der Waals surface area contributed by atoms with Crippen LogP contribution >= 0.6 is 34.0 Å². The van der Waals surface area contributed by atoms with E-state index < -0.39 is 0 Å². The molecule has 0 aliphatic rings. The van der Waals surface area contributed by atoms with Crippen LogP contribution in [0.15, 0.2) is 255 Å². The first kappa shape index (κ1) is 41.6. The molecule has 11 aromatic carbocycles. The summed E-state index contributed by atoms with van der Waals surface area (Å²) in [7, 11) is 0. The topological polar surface area (TPSA) is 6.48 Å². The van der Waals surface area contributed by atoms with Crippen LogP contribution in [0.25, 0.3) is 93.9 Å². The summed E-state index contributed by atoms with van der Waals surface area (Å²) in [6.45, 7) is 0. The fourth-order valence-corrected chi connectivity index (χ4v) is 14.1. The summed E-state index contributed by atoms with van der Waals surface area (Å²) in [4.78, 5) is 4.82. The summed E-state index contributed by atoms with van der Waals surface area (Å²) in [6.07, 6.45) is 0. The van der Waals surface area contributed by atoms with E-state index in [4.69, 9.17) is 0 Å². The molecule has 0 bridgehead atoms. The lowest BCUT2D eigenvalue weighted by atomic mass is 9.99. The maximum atomic E-state index is 2.44. The van der Waals surface area contributed by atoms with Crippen LogP contribution < -0.4 is 9.80 Å². The van der Waals surface area contributed by atoms with E-state index in [0.717, 1.165) is 39.7 Å². The van der Waals surface area contributed by atoms with Crippen LogP contribution in [0, 0.1) is 0 Å². The third-order valence-corrected chi connectivity index (χ3v) is 17.4. The van der Waals surface area contributed by atoms with Crippen LogP contribution in [0.2, 0.25) is 0 Å². The highest BCUT2D eigenvalue weighted by Crippen LogP contribution is 2.47. The van der Waals surface area contributed by atoms with Crippen molar-refractivity contribution < 1.29 is 0 Å². The highest BCUT2D eigenvalue weighted by Gasteiger charge is 2.21. The Hall–Kier alpha value is -8.32. The van der Waals surface area contributed by atoms with Crippen molar-refractivity contribution >= 4 is 129 Å². The lowest BCUT2D eigenvalue weighted by molar-refractivity contribution is 1.25. The maximum Gasteiger partial charge on any atom is 0.0488 e. The Bertz CT molecular complexity index is 4090. The maximum absolute atomic E-state index is 2.44. The van der Waals surface area contributed by atoms with Gasteiger partial charge in [0.15, 0.2) is 0 Å². The minimum absolute atomic E-state index is 1.06. The van der Waals surface area contributed by atoms with Gasteiger partial charge in [0, 0.05) is 94.6 Å². The number of nitrogens with zero attached hydrogens (tertiary/aromatic N) is 2. The van der Waals surface area contributed by atoms with Crippen LogP contribution in [0.5, 0.6) is 0 Å². The van der Waals surface area contributed by atoms with Gasteiger partial charge in [-0.2, -0.15) is 0 Å². The molecule has 0 amide bonds. The van der Waals surface area contributed by atoms with Crippen molar-refractivity contribution in [3.05, 3.63) is 255 Å². The standard InChI is InChI=1S/C66H42N2S3/c1-3-15-47(16-4-1)67(48-17-5-2-6-18-48)51-39-46(45-33-38-64-60(41-45)57-21-9-10-26-61(57)69-64)40-52(42-51)68(49-34-29-43(30-35-49)53-22-13-24-58-55-19-7-11-27-62(55)70-65(53)58)50-36-31-44(32-37-50)54-23-14-25-59-56-20-8-12-28-63(56)71-66(54)59/h1-42H. The number of anilines is 6. The second-order valence-electron chi connectivity index (χ2n) is 18.0. The Morgan fingerprint density at radius 2 is 0.592 bits per heavy atom. The minimum atomic E-state index is 1.06. The average molecular weight is 959 g/mol. The molecule has 71 heavy (non-hydrogen) atoms. The smallest absolute Gasteiger partial charge is 0.0488 e. The minimum Gasteiger partial charge on any atom is -0.310 e. The summed E-state index contributed by atoms with van der Waals surface area (Å²) in [5.41, 5.74) is 13.7. The Morgan fingerprint density at radius 1 is 0.211 bits per heavy atom. The zero-order chi connectivity index (χ0) is 46.8. The lowest BCUT2D eigenvalue weighted by Gasteiger charge is -2.30. The van der Waals surface area contributed by atoms with E-state index in [1.165, 1.54) is 88.3 Å². The molecule has 0 saturated carbocycles. The Labute approximate surface area is 423 Å². The Balaban J connectivity index is 0.973. The number of rotatable bonds is 9. The van der Waals surface area contributed by atoms with Crippen molar-refractivity contribution in [3.8, 4) is 33.4 Å². The molecular formula is C66H42N2S3. The first-order valence-electron chi connectivity index (χ1n) is 24.0. The molecule has 0 N–H and O–H groups in total. The fraction of sp³-hybridized carbons (Fsp3) is 0. The van der Waals surface area contributed by atoms with Gasteiger partial charge < -0.3 is 9.80 Å². The summed E-state index contributed by atoms with van der Waals surface area (Å²) in [5, 5.41) is 7.81. The molecule has 0 atom stereocenters. The predicted molar refractivity (Wildman–Crippen MR) is 311 cm³/mol. The quantitative estimate of drug-likeness (QED) is 0.142. The molecule has 5 heteroatoms. The van der Waals surface area contributed by atoms with Gasteiger partial charge in [-0.25, -0.2) is 0 Å². The van der Waals surface area contributed by atoms with E-state index in [1.54, 1.807) is 0 Å².